The Labute approximate surface area is 129 Å². The van der Waals surface area contributed by atoms with Crippen molar-refractivity contribution in [1.82, 2.24) is 14.8 Å². The van der Waals surface area contributed by atoms with E-state index in [9.17, 15) is 14.9 Å². The van der Waals surface area contributed by atoms with E-state index in [0.717, 1.165) is 5.56 Å². The number of rotatable bonds is 6. The number of carbonyl (C=O) groups excluding carboxylic acids is 1. The molecule has 22 heavy (non-hydrogen) atoms. The lowest BCUT2D eigenvalue weighted by atomic mass is 10.2. The van der Waals surface area contributed by atoms with E-state index in [1.807, 2.05) is 0 Å². The number of thioether (sulfide) groups is 1. The molecule has 0 radical (unpaired) electrons. The van der Waals surface area contributed by atoms with Gasteiger partial charge in [-0.3, -0.25) is 10.1 Å². The first-order valence-electron chi connectivity index (χ1n) is 6.18. The highest BCUT2D eigenvalue weighted by molar-refractivity contribution is 7.99. The van der Waals surface area contributed by atoms with Gasteiger partial charge in [0.2, 0.25) is 0 Å². The normalized spacial score (nSPS) is 10.4. The van der Waals surface area contributed by atoms with E-state index < -0.39 is 11.0 Å². The van der Waals surface area contributed by atoms with E-state index in [1.165, 1.54) is 23.9 Å². The first-order valence-corrected chi connectivity index (χ1v) is 7.17. The highest BCUT2D eigenvalue weighted by atomic mass is 32.2. The number of nitrogens with two attached hydrogens (primary N) is 1. The Morgan fingerprint density at radius 3 is 2.68 bits per heavy atom. The summed E-state index contributed by atoms with van der Waals surface area (Å²) < 4.78 is 6.39. The van der Waals surface area contributed by atoms with Crippen LogP contribution in [0.1, 0.15) is 0 Å². The lowest BCUT2D eigenvalue weighted by Gasteiger charge is -2.04. The number of nitrogens with zero attached hydrogens (tertiary/aromatic N) is 4. The molecular weight excluding hydrogens is 310 g/mol. The standard InChI is InChI=1S/C12H13N5O4S/c1-16-10(8-2-4-9(5-3-8)17(19)20)14-15-12(16)22-7-6-21-11(13)18/h2-5H,6-7H2,1H3,(H2,13,18). The number of hydrogen-bond acceptors (Lipinski definition) is 7. The van der Waals surface area contributed by atoms with Gasteiger partial charge in [0.05, 0.1) is 4.92 Å². The predicted octanol–water partition coefficient (Wildman–Crippen LogP) is 1.58. The Bertz CT molecular complexity index is 685. The van der Waals surface area contributed by atoms with Gasteiger partial charge in [0.1, 0.15) is 6.61 Å². The van der Waals surface area contributed by atoms with Crippen molar-refractivity contribution >= 4 is 23.5 Å². The number of nitro benzene ring substituents is 1. The quantitative estimate of drug-likeness (QED) is 0.370. The largest absolute Gasteiger partial charge is 0.449 e. The summed E-state index contributed by atoms with van der Waals surface area (Å²) in [6.07, 6.45) is -0.815. The maximum absolute atomic E-state index is 10.6. The molecule has 1 aromatic heterocycles. The van der Waals surface area contributed by atoms with Crippen LogP contribution in [0.5, 0.6) is 0 Å². The summed E-state index contributed by atoms with van der Waals surface area (Å²) in [6.45, 7) is 0.180. The van der Waals surface area contributed by atoms with Crippen LogP contribution in [0.15, 0.2) is 29.4 Å². The number of hydrogen-bond donors (Lipinski definition) is 1. The van der Waals surface area contributed by atoms with Gasteiger partial charge >= 0.3 is 6.09 Å². The molecule has 9 nitrogen and oxygen atoms in total. The first-order chi connectivity index (χ1) is 10.5. The van der Waals surface area contributed by atoms with Crippen molar-refractivity contribution in [2.45, 2.75) is 5.16 Å². The fraction of sp³-hybridized carbons (Fsp3) is 0.250. The lowest BCUT2D eigenvalue weighted by molar-refractivity contribution is -0.384. The molecule has 1 aromatic carbocycles. The average molecular weight is 323 g/mol. The monoisotopic (exact) mass is 323 g/mol. The van der Waals surface area contributed by atoms with Crippen molar-refractivity contribution in [1.29, 1.82) is 0 Å². The fourth-order valence-electron chi connectivity index (χ4n) is 1.70. The van der Waals surface area contributed by atoms with Crippen molar-refractivity contribution in [3.05, 3.63) is 34.4 Å². The third kappa shape index (κ3) is 3.73. The molecular formula is C12H13N5O4S. The second-order valence-corrected chi connectivity index (χ2v) is 5.25. The van der Waals surface area contributed by atoms with Gasteiger partial charge in [-0.05, 0) is 12.1 Å². The van der Waals surface area contributed by atoms with E-state index >= 15 is 0 Å². The molecule has 0 aliphatic rings. The molecule has 10 heteroatoms. The Kier molecular flexibility index (Phi) is 4.94. The summed E-state index contributed by atoms with van der Waals surface area (Å²) >= 11 is 1.36. The zero-order valence-electron chi connectivity index (χ0n) is 11.6. The van der Waals surface area contributed by atoms with Crippen LogP contribution in [0, 0.1) is 10.1 Å². The minimum absolute atomic E-state index is 0.0177. The van der Waals surface area contributed by atoms with E-state index in [-0.39, 0.29) is 12.3 Å². The van der Waals surface area contributed by atoms with Crippen molar-refractivity contribution in [3.63, 3.8) is 0 Å². The number of nitro groups is 1. The van der Waals surface area contributed by atoms with Crippen LogP contribution in [0.4, 0.5) is 10.5 Å². The van der Waals surface area contributed by atoms with Gasteiger partial charge in [-0.1, -0.05) is 11.8 Å². The van der Waals surface area contributed by atoms with Crippen LogP contribution < -0.4 is 5.73 Å². The van der Waals surface area contributed by atoms with Crippen molar-refractivity contribution in [3.8, 4) is 11.4 Å². The SMILES string of the molecule is Cn1c(SCCOC(N)=O)nnc1-c1ccc([N+](=O)[O-])cc1. The van der Waals surface area contributed by atoms with Crippen molar-refractivity contribution in [2.75, 3.05) is 12.4 Å². The molecule has 1 heterocycles. The molecule has 0 aliphatic heterocycles. The summed E-state index contributed by atoms with van der Waals surface area (Å²) in [5.41, 5.74) is 5.60. The zero-order chi connectivity index (χ0) is 16.1. The summed E-state index contributed by atoms with van der Waals surface area (Å²) in [5, 5.41) is 19.4. The second kappa shape index (κ2) is 6.89. The fourth-order valence-corrected chi connectivity index (χ4v) is 2.43. The predicted molar refractivity (Wildman–Crippen MR) is 79.4 cm³/mol. The maximum atomic E-state index is 10.6. The van der Waals surface area contributed by atoms with Crippen LogP contribution >= 0.6 is 11.8 Å². The zero-order valence-corrected chi connectivity index (χ0v) is 12.4. The molecule has 0 unspecified atom stereocenters. The van der Waals surface area contributed by atoms with E-state index in [2.05, 4.69) is 14.9 Å². The number of primary amides is 1. The number of carbonyl (C=O) groups is 1. The molecule has 2 aromatic rings. The highest BCUT2D eigenvalue weighted by Gasteiger charge is 2.13. The molecule has 2 N–H and O–H groups in total. The molecule has 2 rings (SSSR count). The number of aromatic nitrogens is 3. The molecule has 0 saturated heterocycles. The Morgan fingerprint density at radius 2 is 2.09 bits per heavy atom. The average Bonchev–Trinajstić information content (AvgIpc) is 2.85. The number of amides is 1. The van der Waals surface area contributed by atoms with Crippen molar-refractivity contribution < 1.29 is 14.5 Å². The minimum Gasteiger partial charge on any atom is -0.449 e. The molecule has 0 atom stereocenters. The van der Waals surface area contributed by atoms with E-state index in [0.29, 0.717) is 16.7 Å². The lowest BCUT2D eigenvalue weighted by Crippen LogP contribution is -2.14. The van der Waals surface area contributed by atoms with Gasteiger partial charge in [0, 0.05) is 30.5 Å². The minimum atomic E-state index is -0.815. The smallest absolute Gasteiger partial charge is 0.404 e. The molecule has 1 amide bonds. The van der Waals surface area contributed by atoms with Gasteiger partial charge in [0.25, 0.3) is 5.69 Å². The van der Waals surface area contributed by atoms with Crippen molar-refractivity contribution in [2.24, 2.45) is 12.8 Å². The number of ether oxygens (including phenoxy) is 1. The van der Waals surface area contributed by atoms with Gasteiger partial charge in [-0.15, -0.1) is 10.2 Å². The van der Waals surface area contributed by atoms with Gasteiger partial charge in [0.15, 0.2) is 11.0 Å². The summed E-state index contributed by atoms with van der Waals surface area (Å²) in [7, 11) is 1.79. The number of benzene rings is 1. The first kappa shape index (κ1) is 15.8. The Morgan fingerprint density at radius 1 is 1.41 bits per heavy atom. The van der Waals surface area contributed by atoms with Crippen LogP contribution in [-0.4, -0.2) is 38.1 Å². The number of non-ortho nitro benzene ring substituents is 1. The van der Waals surface area contributed by atoms with Crippen LogP contribution in [0.2, 0.25) is 0 Å². The van der Waals surface area contributed by atoms with E-state index in [4.69, 9.17) is 5.73 Å². The molecule has 0 bridgehead atoms. The van der Waals surface area contributed by atoms with Crippen LogP contribution in [-0.2, 0) is 11.8 Å². The van der Waals surface area contributed by atoms with Crippen LogP contribution in [0.3, 0.4) is 0 Å². The Hall–Kier alpha value is -2.62. The molecule has 0 saturated carbocycles. The molecule has 0 fully saturated rings. The summed E-state index contributed by atoms with van der Waals surface area (Å²) in [6, 6.07) is 6.06. The van der Waals surface area contributed by atoms with Crippen LogP contribution in [0.25, 0.3) is 11.4 Å². The topological polar surface area (TPSA) is 126 Å². The van der Waals surface area contributed by atoms with Gasteiger partial charge in [-0.2, -0.15) is 0 Å². The third-order valence-electron chi connectivity index (χ3n) is 2.73. The maximum Gasteiger partial charge on any atom is 0.404 e. The summed E-state index contributed by atoms with van der Waals surface area (Å²) in [5.74, 6) is 1.09. The molecule has 0 aliphatic carbocycles. The molecule has 0 spiro atoms. The highest BCUT2D eigenvalue weighted by Crippen LogP contribution is 2.24. The van der Waals surface area contributed by atoms with E-state index in [1.54, 1.807) is 23.7 Å². The Balaban J connectivity index is 2.06. The second-order valence-electron chi connectivity index (χ2n) is 4.19. The van der Waals surface area contributed by atoms with Gasteiger partial charge < -0.3 is 15.0 Å². The molecule has 116 valence electrons. The van der Waals surface area contributed by atoms with Gasteiger partial charge in [-0.25, -0.2) is 4.79 Å². The third-order valence-corrected chi connectivity index (χ3v) is 3.71. The summed E-state index contributed by atoms with van der Waals surface area (Å²) in [4.78, 5) is 20.6.